The Morgan fingerprint density at radius 1 is 1.26 bits per heavy atom. The van der Waals surface area contributed by atoms with Crippen molar-refractivity contribution in [1.29, 1.82) is 0 Å². The molecule has 2 N–H and O–H groups in total. The normalized spacial score (nSPS) is 12.2. The molecule has 1 atom stereocenters. The number of nitrogens with two attached hydrogens (primary N) is 1. The molecule has 4 heteroatoms. The van der Waals surface area contributed by atoms with Crippen LogP contribution < -0.4 is 10.5 Å². The second kappa shape index (κ2) is 6.04. The lowest BCUT2D eigenvalue weighted by Crippen LogP contribution is -2.05. The van der Waals surface area contributed by atoms with Crippen molar-refractivity contribution in [2.24, 2.45) is 5.73 Å². The minimum absolute atomic E-state index is 0.0449. The minimum atomic E-state index is -0.438. The van der Waals surface area contributed by atoms with Crippen molar-refractivity contribution in [3.05, 3.63) is 64.4 Å². The number of ether oxygens (including phenoxy) is 1. The van der Waals surface area contributed by atoms with Gasteiger partial charge < -0.3 is 10.5 Å². The molecule has 0 fully saturated rings. The highest BCUT2D eigenvalue weighted by Crippen LogP contribution is 2.20. The second-order valence-corrected chi connectivity index (χ2v) is 4.81. The van der Waals surface area contributed by atoms with Crippen molar-refractivity contribution >= 4 is 11.6 Å². The van der Waals surface area contributed by atoms with Crippen molar-refractivity contribution in [3.63, 3.8) is 0 Å². The summed E-state index contributed by atoms with van der Waals surface area (Å²) in [7, 11) is 0. The van der Waals surface area contributed by atoms with Crippen LogP contribution in [0.25, 0.3) is 0 Å². The lowest BCUT2D eigenvalue weighted by molar-refractivity contribution is 0.305. The van der Waals surface area contributed by atoms with Crippen molar-refractivity contribution in [1.82, 2.24) is 0 Å². The van der Waals surface area contributed by atoms with Crippen LogP contribution in [0, 0.1) is 5.82 Å². The van der Waals surface area contributed by atoms with Crippen LogP contribution in [0.15, 0.2) is 42.5 Å². The molecule has 2 aromatic carbocycles. The first-order chi connectivity index (χ1) is 9.06. The van der Waals surface area contributed by atoms with E-state index in [-0.39, 0.29) is 17.7 Å². The molecule has 2 aromatic rings. The molecule has 0 saturated heterocycles. The summed E-state index contributed by atoms with van der Waals surface area (Å²) in [5.41, 5.74) is 7.54. The van der Waals surface area contributed by atoms with Gasteiger partial charge in [0.25, 0.3) is 0 Å². The zero-order valence-corrected chi connectivity index (χ0v) is 11.3. The van der Waals surface area contributed by atoms with Crippen LogP contribution in [0.3, 0.4) is 0 Å². The van der Waals surface area contributed by atoms with E-state index in [9.17, 15) is 4.39 Å². The zero-order valence-electron chi connectivity index (χ0n) is 10.6. The minimum Gasteiger partial charge on any atom is -0.489 e. The fraction of sp³-hybridized carbons (Fsp3) is 0.200. The SMILES string of the molecule is CC(N)c1cccc(OCc2ccc(Cl)c(F)c2)c1. The van der Waals surface area contributed by atoms with Gasteiger partial charge in [-0.1, -0.05) is 29.8 Å². The Morgan fingerprint density at radius 2 is 2.05 bits per heavy atom. The first-order valence-electron chi connectivity index (χ1n) is 5.98. The quantitative estimate of drug-likeness (QED) is 0.915. The van der Waals surface area contributed by atoms with Crippen LogP contribution in [-0.2, 0) is 6.61 Å². The molecule has 100 valence electrons. The molecule has 0 spiro atoms. The van der Waals surface area contributed by atoms with Gasteiger partial charge >= 0.3 is 0 Å². The van der Waals surface area contributed by atoms with Crippen LogP contribution in [0.1, 0.15) is 24.1 Å². The van der Waals surface area contributed by atoms with Gasteiger partial charge in [0.1, 0.15) is 18.2 Å². The Kier molecular flexibility index (Phi) is 4.40. The molecule has 0 aliphatic carbocycles. The van der Waals surface area contributed by atoms with Crippen molar-refractivity contribution in [2.45, 2.75) is 19.6 Å². The molecular formula is C15H15ClFNO. The average Bonchev–Trinajstić information content (AvgIpc) is 2.40. The molecule has 2 nitrogen and oxygen atoms in total. The van der Waals surface area contributed by atoms with E-state index < -0.39 is 5.82 Å². The molecule has 0 radical (unpaired) electrons. The summed E-state index contributed by atoms with van der Waals surface area (Å²) in [4.78, 5) is 0. The van der Waals surface area contributed by atoms with Gasteiger partial charge in [0.2, 0.25) is 0 Å². The van der Waals surface area contributed by atoms with E-state index in [2.05, 4.69) is 0 Å². The maximum absolute atomic E-state index is 13.3. The Hall–Kier alpha value is -1.58. The molecule has 0 saturated carbocycles. The van der Waals surface area contributed by atoms with Crippen LogP contribution >= 0.6 is 11.6 Å². The van der Waals surface area contributed by atoms with E-state index in [0.717, 1.165) is 11.1 Å². The van der Waals surface area contributed by atoms with Crippen molar-refractivity contribution in [3.8, 4) is 5.75 Å². The van der Waals surface area contributed by atoms with E-state index >= 15 is 0 Å². The highest BCUT2D eigenvalue weighted by atomic mass is 35.5. The molecule has 0 aliphatic heterocycles. The summed E-state index contributed by atoms with van der Waals surface area (Å²) in [6, 6.07) is 12.1. The van der Waals surface area contributed by atoms with Gasteiger partial charge in [-0.2, -0.15) is 0 Å². The largest absolute Gasteiger partial charge is 0.489 e. The van der Waals surface area contributed by atoms with Gasteiger partial charge in [0, 0.05) is 6.04 Å². The molecule has 1 unspecified atom stereocenters. The number of hydrogen-bond acceptors (Lipinski definition) is 2. The summed E-state index contributed by atoms with van der Waals surface area (Å²) >= 11 is 5.62. The first kappa shape index (κ1) is 13.8. The van der Waals surface area contributed by atoms with Crippen LogP contribution in [-0.4, -0.2) is 0 Å². The Labute approximate surface area is 117 Å². The lowest BCUT2D eigenvalue weighted by Gasteiger charge is -2.10. The predicted octanol–water partition coefficient (Wildman–Crippen LogP) is 4.08. The maximum Gasteiger partial charge on any atom is 0.142 e. The van der Waals surface area contributed by atoms with Crippen molar-refractivity contribution < 1.29 is 9.13 Å². The smallest absolute Gasteiger partial charge is 0.142 e. The van der Waals surface area contributed by atoms with E-state index in [1.165, 1.54) is 12.1 Å². The van der Waals surface area contributed by atoms with Crippen LogP contribution in [0.4, 0.5) is 4.39 Å². The molecule has 19 heavy (non-hydrogen) atoms. The van der Waals surface area contributed by atoms with E-state index in [0.29, 0.717) is 5.75 Å². The van der Waals surface area contributed by atoms with Gasteiger partial charge in [-0.05, 0) is 42.3 Å². The van der Waals surface area contributed by atoms with Crippen LogP contribution in [0.2, 0.25) is 5.02 Å². The third-order valence-electron chi connectivity index (χ3n) is 2.77. The molecule has 0 heterocycles. The molecule has 0 aromatic heterocycles. The third kappa shape index (κ3) is 3.69. The standard InChI is InChI=1S/C15H15ClFNO/c1-10(18)12-3-2-4-13(8-12)19-9-11-5-6-14(16)15(17)7-11/h2-8,10H,9,18H2,1H3. The molecule has 0 bridgehead atoms. The highest BCUT2D eigenvalue weighted by Gasteiger charge is 2.04. The summed E-state index contributed by atoms with van der Waals surface area (Å²) in [5.74, 6) is 0.275. The number of benzene rings is 2. The van der Waals surface area contributed by atoms with Gasteiger partial charge in [-0.25, -0.2) is 4.39 Å². The Balaban J connectivity index is 2.05. The third-order valence-corrected chi connectivity index (χ3v) is 3.08. The zero-order chi connectivity index (χ0) is 13.8. The predicted molar refractivity (Wildman–Crippen MR) is 74.8 cm³/mol. The van der Waals surface area contributed by atoms with E-state index in [1.807, 2.05) is 31.2 Å². The topological polar surface area (TPSA) is 35.2 Å². The van der Waals surface area contributed by atoms with Gasteiger partial charge in [-0.3, -0.25) is 0 Å². The van der Waals surface area contributed by atoms with Crippen molar-refractivity contribution in [2.75, 3.05) is 0 Å². The Morgan fingerprint density at radius 3 is 2.74 bits per heavy atom. The number of hydrogen-bond donors (Lipinski definition) is 1. The Bertz CT molecular complexity index is 572. The van der Waals surface area contributed by atoms with E-state index in [1.54, 1.807) is 6.07 Å². The average molecular weight is 280 g/mol. The molecule has 2 rings (SSSR count). The number of halogens is 2. The summed E-state index contributed by atoms with van der Waals surface area (Å²) in [6.45, 7) is 2.20. The number of rotatable bonds is 4. The van der Waals surface area contributed by atoms with Gasteiger partial charge in [0.15, 0.2) is 0 Å². The summed E-state index contributed by atoms with van der Waals surface area (Å²) < 4.78 is 18.9. The monoisotopic (exact) mass is 279 g/mol. The second-order valence-electron chi connectivity index (χ2n) is 4.40. The van der Waals surface area contributed by atoms with Gasteiger partial charge in [-0.15, -0.1) is 0 Å². The molecule has 0 amide bonds. The van der Waals surface area contributed by atoms with Gasteiger partial charge in [0.05, 0.1) is 5.02 Å². The fourth-order valence-electron chi connectivity index (χ4n) is 1.68. The summed E-state index contributed by atoms with van der Waals surface area (Å²) in [6.07, 6.45) is 0. The lowest BCUT2D eigenvalue weighted by atomic mass is 10.1. The first-order valence-corrected chi connectivity index (χ1v) is 6.36. The van der Waals surface area contributed by atoms with E-state index in [4.69, 9.17) is 22.1 Å². The molecule has 0 aliphatic rings. The molecular weight excluding hydrogens is 265 g/mol. The maximum atomic E-state index is 13.3. The fourth-order valence-corrected chi connectivity index (χ4v) is 1.80. The highest BCUT2D eigenvalue weighted by molar-refractivity contribution is 6.30. The van der Waals surface area contributed by atoms with Crippen LogP contribution in [0.5, 0.6) is 5.75 Å². The summed E-state index contributed by atoms with van der Waals surface area (Å²) in [5, 5.41) is 0.114.